The summed E-state index contributed by atoms with van der Waals surface area (Å²) in [5.74, 6) is 1.63. The molecule has 9 heteroatoms. The minimum Gasteiger partial charge on any atom is -0.497 e. The Morgan fingerprint density at radius 2 is 1.86 bits per heavy atom. The van der Waals surface area contributed by atoms with E-state index in [9.17, 15) is 9.00 Å². The Bertz CT molecular complexity index is 1170. The van der Waals surface area contributed by atoms with Crippen molar-refractivity contribution < 1.29 is 18.5 Å². The number of nitrogens with zero attached hydrogens (tertiary/aromatic N) is 3. The van der Waals surface area contributed by atoms with Gasteiger partial charge in [-0.3, -0.25) is 4.79 Å². The number of nitrogens with one attached hydrogen (secondary N) is 1. The normalized spacial score (nSPS) is 12.3. The first-order valence-corrected chi connectivity index (χ1v) is 12.9. The molecule has 0 fully saturated rings. The van der Waals surface area contributed by atoms with Crippen LogP contribution in [0.4, 0.5) is 0 Å². The van der Waals surface area contributed by atoms with Gasteiger partial charge in [-0.15, -0.1) is 0 Å². The molecule has 1 amide bonds. The minimum atomic E-state index is -1.33. The van der Waals surface area contributed by atoms with Crippen molar-refractivity contribution in [2.24, 2.45) is 0 Å². The summed E-state index contributed by atoms with van der Waals surface area (Å²) in [6.07, 6.45) is 1.96. The average molecular weight is 501 g/mol. The van der Waals surface area contributed by atoms with Gasteiger partial charge in [0.25, 0.3) is 0 Å². The molecule has 8 nitrogen and oxygen atoms in total. The largest absolute Gasteiger partial charge is 0.497 e. The number of amides is 1. The molecule has 1 unspecified atom stereocenters. The van der Waals surface area contributed by atoms with E-state index < -0.39 is 11.0 Å². The summed E-state index contributed by atoms with van der Waals surface area (Å²) in [5, 5.41) is 0. The molecule has 0 aliphatic carbocycles. The highest BCUT2D eigenvalue weighted by Crippen LogP contribution is 2.25. The number of carbonyl (C=O) groups excluding carboxylic acids is 1. The summed E-state index contributed by atoms with van der Waals surface area (Å²) in [7, 11) is 3.84. The van der Waals surface area contributed by atoms with Gasteiger partial charge in [0.15, 0.2) is 0 Å². The molecule has 0 aliphatic rings. The van der Waals surface area contributed by atoms with E-state index in [-0.39, 0.29) is 12.5 Å². The number of ether oxygens (including phenoxy) is 2. The maximum absolute atomic E-state index is 13.0. The average Bonchev–Trinajstić information content (AvgIpc) is 3.22. The van der Waals surface area contributed by atoms with Gasteiger partial charge >= 0.3 is 0 Å². The van der Waals surface area contributed by atoms with E-state index in [1.54, 1.807) is 30.4 Å². The molecule has 1 N–H and O–H groups in total. The number of fused-ring (bicyclic) bond motifs is 1. The van der Waals surface area contributed by atoms with Crippen molar-refractivity contribution in [2.75, 3.05) is 41.0 Å². The Morgan fingerprint density at radius 3 is 2.51 bits per heavy atom. The number of H-pyrrole nitrogens is 1. The number of benzene rings is 2. The van der Waals surface area contributed by atoms with Gasteiger partial charge in [-0.25, -0.2) is 13.5 Å². The predicted octanol–water partition coefficient (Wildman–Crippen LogP) is 3.77. The fraction of sp³-hybridized carbons (Fsp3) is 0.462. The second-order valence-corrected chi connectivity index (χ2v) is 10.3. The number of aryl methyl sites for hydroxylation is 3. The quantitative estimate of drug-likeness (QED) is 0.383. The van der Waals surface area contributed by atoms with Gasteiger partial charge in [-0.1, -0.05) is 13.0 Å². The van der Waals surface area contributed by atoms with E-state index >= 15 is 0 Å². The molecule has 1 aromatic heterocycles. The van der Waals surface area contributed by atoms with Gasteiger partial charge in [-0.2, -0.15) is 0 Å². The summed E-state index contributed by atoms with van der Waals surface area (Å²) >= 11 is 0. The zero-order valence-corrected chi connectivity index (χ0v) is 22.3. The number of hydrogen-bond acceptors (Lipinski definition) is 5. The van der Waals surface area contributed by atoms with Crippen LogP contribution in [0.25, 0.3) is 11.0 Å². The van der Waals surface area contributed by atoms with Gasteiger partial charge in [0.1, 0.15) is 29.2 Å². The molecule has 0 saturated carbocycles. The number of aromatic nitrogens is 2. The highest BCUT2D eigenvalue weighted by molar-refractivity contribution is 7.82. The number of carbonyl (C=O) groups is 1. The molecule has 190 valence electrons. The summed E-state index contributed by atoms with van der Waals surface area (Å²) in [6.45, 7) is 7.18. The summed E-state index contributed by atoms with van der Waals surface area (Å²) in [4.78, 5) is 22.9. The minimum absolute atomic E-state index is 0.0233. The number of likely N-dealkylation sites (N-methyl/N-ethyl adjacent to an activating group) is 2. The topological polar surface area (TPSA) is 87.8 Å². The lowest BCUT2D eigenvalue weighted by molar-refractivity contribution is -0.135. The first-order chi connectivity index (χ1) is 16.7. The SMILES string of the molecule is CCCc1nc2ccc(CN(C)C(=O)COCCN(C)S(=O)c3c(C)cc(OC)cc3C)cc2[nH]1. The summed E-state index contributed by atoms with van der Waals surface area (Å²) in [6, 6.07) is 9.79. The van der Waals surface area contributed by atoms with Gasteiger partial charge < -0.3 is 19.4 Å². The highest BCUT2D eigenvalue weighted by atomic mass is 32.2. The van der Waals surface area contributed by atoms with Crippen molar-refractivity contribution in [3.05, 3.63) is 52.8 Å². The standard InChI is InChI=1S/C26H36N4O4S/c1-7-8-24-27-22-10-9-20(15-23(22)28-24)16-29(4)25(31)17-34-12-11-30(5)35(32)26-18(2)13-21(33-6)14-19(26)3/h9-10,13-15H,7-8,11-12,16-17H2,1-6H3,(H,27,28). The van der Waals surface area contributed by atoms with E-state index in [1.165, 1.54) is 0 Å². The second-order valence-electron chi connectivity index (χ2n) is 8.78. The van der Waals surface area contributed by atoms with Gasteiger partial charge in [0, 0.05) is 33.6 Å². The van der Waals surface area contributed by atoms with Crippen molar-refractivity contribution in [3.63, 3.8) is 0 Å². The Kier molecular flexibility index (Phi) is 9.42. The van der Waals surface area contributed by atoms with Crippen LogP contribution in [0.1, 0.15) is 35.9 Å². The van der Waals surface area contributed by atoms with Crippen LogP contribution in [0, 0.1) is 13.8 Å². The Hall–Kier alpha value is -2.75. The molecule has 0 radical (unpaired) electrons. The zero-order chi connectivity index (χ0) is 25.5. The van der Waals surface area contributed by atoms with E-state index in [4.69, 9.17) is 9.47 Å². The van der Waals surface area contributed by atoms with E-state index in [0.717, 1.165) is 57.0 Å². The highest BCUT2D eigenvalue weighted by Gasteiger charge is 2.17. The third kappa shape index (κ3) is 6.90. The molecule has 0 bridgehead atoms. The molecular weight excluding hydrogens is 464 g/mol. The smallest absolute Gasteiger partial charge is 0.248 e. The van der Waals surface area contributed by atoms with Crippen LogP contribution < -0.4 is 4.74 Å². The monoisotopic (exact) mass is 500 g/mol. The molecule has 35 heavy (non-hydrogen) atoms. The number of aromatic amines is 1. The van der Waals surface area contributed by atoms with Crippen molar-refractivity contribution in [3.8, 4) is 5.75 Å². The lowest BCUT2D eigenvalue weighted by Gasteiger charge is -2.20. The van der Waals surface area contributed by atoms with E-state index in [1.807, 2.05) is 44.2 Å². The maximum Gasteiger partial charge on any atom is 0.248 e. The van der Waals surface area contributed by atoms with Crippen LogP contribution in [0.5, 0.6) is 5.75 Å². The lowest BCUT2D eigenvalue weighted by atomic mass is 10.1. The fourth-order valence-corrected chi connectivity index (χ4v) is 5.15. The van der Waals surface area contributed by atoms with Crippen molar-refractivity contribution >= 4 is 27.9 Å². The predicted molar refractivity (Wildman–Crippen MR) is 139 cm³/mol. The molecule has 3 aromatic rings. The van der Waals surface area contributed by atoms with Crippen LogP contribution >= 0.6 is 0 Å². The molecule has 0 saturated heterocycles. The van der Waals surface area contributed by atoms with Crippen molar-refractivity contribution in [2.45, 2.75) is 45.1 Å². The molecule has 2 aromatic carbocycles. The Balaban J connectivity index is 1.46. The first kappa shape index (κ1) is 26.8. The second kappa shape index (κ2) is 12.3. The van der Waals surface area contributed by atoms with Crippen LogP contribution in [-0.2, 0) is 33.5 Å². The van der Waals surface area contributed by atoms with Crippen molar-refractivity contribution in [1.82, 2.24) is 19.2 Å². The molecule has 1 heterocycles. The van der Waals surface area contributed by atoms with Gasteiger partial charge in [0.2, 0.25) is 5.91 Å². The van der Waals surface area contributed by atoms with Crippen LogP contribution in [0.15, 0.2) is 35.2 Å². The Labute approximate surface area is 210 Å². The van der Waals surface area contributed by atoms with E-state index in [0.29, 0.717) is 19.7 Å². The number of imidazole rings is 1. The number of rotatable bonds is 12. The third-order valence-electron chi connectivity index (χ3n) is 5.83. The van der Waals surface area contributed by atoms with Crippen LogP contribution in [0.3, 0.4) is 0 Å². The molecular formula is C26H36N4O4S. The van der Waals surface area contributed by atoms with Crippen LogP contribution in [-0.4, -0.2) is 70.3 Å². The lowest BCUT2D eigenvalue weighted by Crippen LogP contribution is -2.32. The van der Waals surface area contributed by atoms with Crippen LogP contribution in [0.2, 0.25) is 0 Å². The maximum atomic E-state index is 13.0. The van der Waals surface area contributed by atoms with Crippen molar-refractivity contribution in [1.29, 1.82) is 0 Å². The fourth-order valence-electron chi connectivity index (χ4n) is 3.93. The van der Waals surface area contributed by atoms with E-state index in [2.05, 4.69) is 16.9 Å². The number of hydrogen-bond donors (Lipinski definition) is 1. The third-order valence-corrected chi connectivity index (χ3v) is 7.57. The molecule has 0 aliphatic heterocycles. The number of methoxy groups -OCH3 is 1. The molecule has 1 atom stereocenters. The summed E-state index contributed by atoms with van der Waals surface area (Å²) in [5.41, 5.74) is 4.79. The molecule has 0 spiro atoms. The van der Waals surface area contributed by atoms with Gasteiger partial charge in [-0.05, 0) is 61.2 Å². The Morgan fingerprint density at radius 1 is 1.14 bits per heavy atom. The summed E-state index contributed by atoms with van der Waals surface area (Å²) < 4.78 is 25.6. The van der Waals surface area contributed by atoms with Gasteiger partial charge in [0.05, 0.1) is 29.6 Å². The zero-order valence-electron chi connectivity index (χ0n) is 21.5. The first-order valence-electron chi connectivity index (χ1n) is 11.8. The molecule has 3 rings (SSSR count).